The summed E-state index contributed by atoms with van der Waals surface area (Å²) in [4.78, 5) is 13.1. The van der Waals surface area contributed by atoms with Crippen LogP contribution in [0.1, 0.15) is 0 Å². The smallest absolute Gasteiger partial charge is 0.171 e. The number of rotatable bonds is 3. The molecule has 2 aromatic rings. The molecule has 0 aliphatic heterocycles. The lowest BCUT2D eigenvalue weighted by molar-refractivity contribution is 0.233. The van der Waals surface area contributed by atoms with Gasteiger partial charge in [0.05, 0.1) is 10.2 Å². The Morgan fingerprint density at radius 2 is 2.50 bits per heavy atom. The van der Waals surface area contributed by atoms with Gasteiger partial charge >= 0.3 is 0 Å². The zero-order valence-electron chi connectivity index (χ0n) is 7.23. The SMILES string of the molecule is C#CCONc1ncnc2ccsc12. The number of nitrogens with zero attached hydrogens (tertiary/aromatic N) is 2. The standard InChI is InChI=1S/C9H7N3OS/c1-2-4-13-12-9-8-7(3-5-14-8)10-6-11-9/h1,3,5-6H,4H2,(H,10,11,12). The predicted octanol–water partition coefficient (Wildman–Crippen LogP) is 1.67. The largest absolute Gasteiger partial charge is 0.262 e. The van der Waals surface area contributed by atoms with E-state index in [2.05, 4.69) is 21.4 Å². The van der Waals surface area contributed by atoms with Crippen molar-refractivity contribution >= 4 is 27.4 Å². The average molecular weight is 205 g/mol. The van der Waals surface area contributed by atoms with Crippen molar-refractivity contribution in [1.82, 2.24) is 9.97 Å². The van der Waals surface area contributed by atoms with Crippen molar-refractivity contribution in [3.8, 4) is 12.3 Å². The van der Waals surface area contributed by atoms with Crippen LogP contribution < -0.4 is 5.48 Å². The first-order valence-corrected chi connectivity index (χ1v) is 4.79. The van der Waals surface area contributed by atoms with Gasteiger partial charge in [-0.2, -0.15) is 0 Å². The normalized spacial score (nSPS) is 9.93. The van der Waals surface area contributed by atoms with Gasteiger partial charge in [-0.25, -0.2) is 15.4 Å². The number of anilines is 1. The highest BCUT2D eigenvalue weighted by Gasteiger charge is 2.03. The van der Waals surface area contributed by atoms with Crippen LogP contribution in [0.3, 0.4) is 0 Å². The third kappa shape index (κ3) is 1.66. The van der Waals surface area contributed by atoms with Crippen molar-refractivity contribution in [2.75, 3.05) is 12.1 Å². The molecule has 5 heteroatoms. The van der Waals surface area contributed by atoms with Crippen LogP contribution in [-0.2, 0) is 4.84 Å². The number of thiophene rings is 1. The minimum Gasteiger partial charge on any atom is -0.262 e. The highest BCUT2D eigenvalue weighted by molar-refractivity contribution is 7.17. The van der Waals surface area contributed by atoms with Crippen LogP contribution in [0.15, 0.2) is 17.8 Å². The number of hydrogen-bond acceptors (Lipinski definition) is 5. The fourth-order valence-corrected chi connectivity index (χ4v) is 1.79. The first kappa shape index (κ1) is 8.94. The molecule has 0 atom stereocenters. The molecule has 2 rings (SSSR count). The summed E-state index contributed by atoms with van der Waals surface area (Å²) in [7, 11) is 0. The van der Waals surface area contributed by atoms with Crippen LogP contribution in [0.25, 0.3) is 10.2 Å². The minimum atomic E-state index is 0.205. The average Bonchev–Trinajstić information content (AvgIpc) is 2.67. The van der Waals surface area contributed by atoms with Gasteiger partial charge in [0, 0.05) is 0 Å². The van der Waals surface area contributed by atoms with Gasteiger partial charge < -0.3 is 0 Å². The lowest BCUT2D eigenvalue weighted by atomic mass is 10.4. The van der Waals surface area contributed by atoms with E-state index in [9.17, 15) is 0 Å². The summed E-state index contributed by atoms with van der Waals surface area (Å²) < 4.78 is 0.963. The van der Waals surface area contributed by atoms with Gasteiger partial charge in [-0.1, -0.05) is 5.92 Å². The molecule has 0 saturated carbocycles. The number of terminal acetylenes is 1. The maximum atomic E-state index is 5.04. The van der Waals surface area contributed by atoms with Crippen LogP contribution in [0, 0.1) is 12.3 Å². The van der Waals surface area contributed by atoms with Gasteiger partial charge in [-0.05, 0) is 11.4 Å². The van der Waals surface area contributed by atoms with E-state index in [0.717, 1.165) is 10.2 Å². The number of nitrogens with one attached hydrogen (secondary N) is 1. The van der Waals surface area contributed by atoms with E-state index >= 15 is 0 Å². The highest BCUT2D eigenvalue weighted by Crippen LogP contribution is 2.24. The van der Waals surface area contributed by atoms with Gasteiger partial charge in [0.15, 0.2) is 5.82 Å². The van der Waals surface area contributed by atoms with E-state index in [1.54, 1.807) is 11.3 Å². The van der Waals surface area contributed by atoms with E-state index in [1.807, 2.05) is 11.4 Å². The second kappa shape index (κ2) is 4.05. The molecule has 0 spiro atoms. The van der Waals surface area contributed by atoms with Crippen LogP contribution in [0.2, 0.25) is 0 Å². The molecular formula is C9H7N3OS. The summed E-state index contributed by atoms with van der Waals surface area (Å²) in [6, 6.07) is 1.92. The molecule has 0 bridgehead atoms. The number of aromatic nitrogens is 2. The Hall–Kier alpha value is -1.64. The molecule has 0 aliphatic carbocycles. The molecule has 0 unspecified atom stereocenters. The fourth-order valence-electron chi connectivity index (χ4n) is 1.01. The lowest BCUT2D eigenvalue weighted by Crippen LogP contribution is -2.03. The summed E-state index contributed by atoms with van der Waals surface area (Å²) in [6.07, 6.45) is 6.52. The Balaban J connectivity index is 2.24. The zero-order valence-corrected chi connectivity index (χ0v) is 8.04. The second-order valence-corrected chi connectivity index (χ2v) is 3.37. The third-order valence-corrected chi connectivity index (χ3v) is 2.48. The Labute approximate surface area is 84.9 Å². The molecule has 4 nitrogen and oxygen atoms in total. The molecule has 0 aromatic carbocycles. The van der Waals surface area contributed by atoms with Gasteiger partial charge in [-0.3, -0.25) is 4.84 Å². The molecule has 2 heterocycles. The van der Waals surface area contributed by atoms with Gasteiger partial charge in [0.25, 0.3) is 0 Å². The zero-order chi connectivity index (χ0) is 9.80. The minimum absolute atomic E-state index is 0.205. The number of fused-ring (bicyclic) bond motifs is 1. The summed E-state index contributed by atoms with van der Waals surface area (Å²) >= 11 is 1.55. The Kier molecular flexibility index (Phi) is 2.58. The number of hydrogen-bond donors (Lipinski definition) is 1. The molecule has 1 N–H and O–H groups in total. The molecule has 70 valence electrons. The fraction of sp³-hybridized carbons (Fsp3) is 0.111. The van der Waals surface area contributed by atoms with E-state index in [-0.39, 0.29) is 6.61 Å². The third-order valence-electron chi connectivity index (χ3n) is 1.57. The first-order chi connectivity index (χ1) is 6.92. The highest BCUT2D eigenvalue weighted by atomic mass is 32.1. The molecule has 0 aliphatic rings. The predicted molar refractivity (Wildman–Crippen MR) is 55.8 cm³/mol. The van der Waals surface area contributed by atoms with Crippen LogP contribution >= 0.6 is 11.3 Å². The first-order valence-electron chi connectivity index (χ1n) is 3.91. The van der Waals surface area contributed by atoms with E-state index in [0.29, 0.717) is 5.82 Å². The van der Waals surface area contributed by atoms with Gasteiger partial charge in [0.2, 0.25) is 0 Å². The van der Waals surface area contributed by atoms with Gasteiger partial charge in [-0.15, -0.1) is 17.8 Å². The second-order valence-electron chi connectivity index (χ2n) is 2.45. The van der Waals surface area contributed by atoms with Gasteiger partial charge in [0.1, 0.15) is 12.9 Å². The molecule has 0 saturated heterocycles. The van der Waals surface area contributed by atoms with Crippen molar-refractivity contribution in [3.63, 3.8) is 0 Å². The monoisotopic (exact) mass is 205 g/mol. The van der Waals surface area contributed by atoms with E-state index < -0.39 is 0 Å². The molecule has 0 amide bonds. The Morgan fingerprint density at radius 1 is 1.57 bits per heavy atom. The molecule has 0 radical (unpaired) electrons. The van der Waals surface area contributed by atoms with E-state index in [4.69, 9.17) is 11.3 Å². The van der Waals surface area contributed by atoms with Crippen molar-refractivity contribution in [1.29, 1.82) is 0 Å². The van der Waals surface area contributed by atoms with Crippen LogP contribution in [0.4, 0.5) is 5.82 Å². The van der Waals surface area contributed by atoms with E-state index in [1.165, 1.54) is 6.33 Å². The maximum Gasteiger partial charge on any atom is 0.171 e. The van der Waals surface area contributed by atoms with Crippen molar-refractivity contribution in [3.05, 3.63) is 17.8 Å². The molecule has 14 heavy (non-hydrogen) atoms. The maximum absolute atomic E-state index is 5.04. The Bertz CT molecular complexity index is 474. The summed E-state index contributed by atoms with van der Waals surface area (Å²) in [5.74, 6) is 3.01. The summed E-state index contributed by atoms with van der Waals surface area (Å²) in [5, 5.41) is 1.95. The summed E-state index contributed by atoms with van der Waals surface area (Å²) in [5.41, 5.74) is 3.59. The Morgan fingerprint density at radius 3 is 3.36 bits per heavy atom. The molecule has 0 fully saturated rings. The molecular weight excluding hydrogens is 198 g/mol. The summed E-state index contributed by atoms with van der Waals surface area (Å²) in [6.45, 7) is 0.205. The van der Waals surface area contributed by atoms with Crippen LogP contribution in [-0.4, -0.2) is 16.6 Å². The lowest BCUT2D eigenvalue weighted by Gasteiger charge is -2.03. The van der Waals surface area contributed by atoms with Crippen molar-refractivity contribution in [2.45, 2.75) is 0 Å². The quantitative estimate of drug-likeness (QED) is 0.470. The van der Waals surface area contributed by atoms with Crippen LogP contribution in [0.5, 0.6) is 0 Å². The van der Waals surface area contributed by atoms with Crippen molar-refractivity contribution in [2.24, 2.45) is 0 Å². The van der Waals surface area contributed by atoms with Crippen molar-refractivity contribution < 1.29 is 4.84 Å². The topological polar surface area (TPSA) is 47.0 Å². The molecule has 2 aromatic heterocycles.